The van der Waals surface area contributed by atoms with Gasteiger partial charge < -0.3 is 10.6 Å². The van der Waals surface area contributed by atoms with Crippen LogP contribution in [0.2, 0.25) is 0 Å². The van der Waals surface area contributed by atoms with Crippen molar-refractivity contribution in [3.63, 3.8) is 0 Å². The topological polar surface area (TPSA) is 94.9 Å². The molecule has 27 heavy (non-hydrogen) atoms. The van der Waals surface area contributed by atoms with Crippen molar-refractivity contribution in [3.8, 4) is 6.07 Å². The van der Waals surface area contributed by atoms with Gasteiger partial charge in [-0.25, -0.2) is 9.37 Å². The van der Waals surface area contributed by atoms with Crippen molar-refractivity contribution < 1.29 is 14.0 Å². The third kappa shape index (κ3) is 5.20. The number of benzene rings is 1. The fourth-order valence-corrected chi connectivity index (χ4v) is 3.67. The number of carbonyl (C=O) groups is 2. The fraction of sp³-hybridized carbons (Fsp3) is 0.111. The number of nitrogens with one attached hydrogen (secondary N) is 2. The SMILES string of the molecule is N#Cc1cc(NC(=O)Cc2csc(NC(=O)Cc3cccs3)n2)ccc1F. The molecule has 0 saturated heterocycles. The fourth-order valence-electron chi connectivity index (χ4n) is 2.24. The predicted molar refractivity (Wildman–Crippen MR) is 102 cm³/mol. The summed E-state index contributed by atoms with van der Waals surface area (Å²) in [5.41, 5.74) is 0.696. The third-order valence-corrected chi connectivity index (χ3v) is 5.11. The molecule has 0 unspecified atom stereocenters. The number of carbonyl (C=O) groups excluding carboxylic acids is 2. The summed E-state index contributed by atoms with van der Waals surface area (Å²) in [6, 6.07) is 9.26. The predicted octanol–water partition coefficient (Wildman–Crippen LogP) is 3.58. The Bertz CT molecular complexity index is 1010. The second-order valence-corrected chi connectivity index (χ2v) is 7.37. The number of anilines is 2. The Kier molecular flexibility index (Phi) is 5.90. The summed E-state index contributed by atoms with van der Waals surface area (Å²) < 4.78 is 13.3. The van der Waals surface area contributed by atoms with Gasteiger partial charge in [0.05, 0.1) is 24.1 Å². The number of nitriles is 1. The highest BCUT2D eigenvalue weighted by Gasteiger charge is 2.12. The number of thiazole rings is 1. The first-order valence-corrected chi connectivity index (χ1v) is 9.55. The third-order valence-electron chi connectivity index (χ3n) is 3.43. The van der Waals surface area contributed by atoms with Crippen LogP contribution in [-0.4, -0.2) is 16.8 Å². The van der Waals surface area contributed by atoms with Gasteiger partial charge in [0.15, 0.2) is 5.13 Å². The van der Waals surface area contributed by atoms with Gasteiger partial charge in [-0.05, 0) is 29.6 Å². The molecule has 2 heterocycles. The summed E-state index contributed by atoms with van der Waals surface area (Å²) >= 11 is 2.74. The first-order valence-electron chi connectivity index (χ1n) is 7.79. The highest BCUT2D eigenvalue weighted by Crippen LogP contribution is 2.18. The van der Waals surface area contributed by atoms with Crippen molar-refractivity contribution in [1.82, 2.24) is 4.98 Å². The first kappa shape index (κ1) is 18.7. The normalized spacial score (nSPS) is 10.2. The molecule has 0 aliphatic carbocycles. The van der Waals surface area contributed by atoms with Gasteiger partial charge in [-0.1, -0.05) is 6.07 Å². The van der Waals surface area contributed by atoms with E-state index >= 15 is 0 Å². The number of halogens is 1. The summed E-state index contributed by atoms with van der Waals surface area (Å²) in [6.07, 6.45) is 0.273. The van der Waals surface area contributed by atoms with Crippen LogP contribution in [0.15, 0.2) is 41.1 Å². The van der Waals surface area contributed by atoms with E-state index in [1.165, 1.54) is 34.8 Å². The number of hydrogen-bond acceptors (Lipinski definition) is 6. The number of thiophene rings is 1. The molecule has 0 aliphatic rings. The Morgan fingerprint density at radius 2 is 1.96 bits per heavy atom. The van der Waals surface area contributed by atoms with Crippen molar-refractivity contribution in [2.45, 2.75) is 12.8 Å². The molecule has 2 amide bonds. The molecule has 1 aromatic carbocycles. The van der Waals surface area contributed by atoms with Crippen LogP contribution in [0.1, 0.15) is 16.1 Å². The van der Waals surface area contributed by atoms with Crippen LogP contribution >= 0.6 is 22.7 Å². The zero-order valence-electron chi connectivity index (χ0n) is 13.9. The van der Waals surface area contributed by atoms with Crippen LogP contribution in [0.25, 0.3) is 0 Å². The molecule has 0 atom stereocenters. The van der Waals surface area contributed by atoms with Gasteiger partial charge in [0, 0.05) is 15.9 Å². The van der Waals surface area contributed by atoms with Gasteiger partial charge in [0.25, 0.3) is 0 Å². The zero-order chi connectivity index (χ0) is 19.2. The molecule has 9 heteroatoms. The van der Waals surface area contributed by atoms with E-state index in [0.29, 0.717) is 16.5 Å². The lowest BCUT2D eigenvalue weighted by molar-refractivity contribution is -0.116. The largest absolute Gasteiger partial charge is 0.326 e. The van der Waals surface area contributed by atoms with Gasteiger partial charge in [0.2, 0.25) is 11.8 Å². The molecule has 136 valence electrons. The van der Waals surface area contributed by atoms with Crippen LogP contribution in [0.3, 0.4) is 0 Å². The maximum atomic E-state index is 13.3. The summed E-state index contributed by atoms with van der Waals surface area (Å²) in [5.74, 6) is -1.16. The number of aromatic nitrogens is 1. The molecule has 0 radical (unpaired) electrons. The molecule has 3 rings (SSSR count). The molecule has 0 saturated carbocycles. The monoisotopic (exact) mass is 400 g/mol. The Morgan fingerprint density at radius 1 is 1.15 bits per heavy atom. The molecule has 2 aromatic heterocycles. The van der Waals surface area contributed by atoms with Crippen LogP contribution in [0.5, 0.6) is 0 Å². The molecule has 6 nitrogen and oxygen atoms in total. The minimum absolute atomic E-state index is 0.00341. The average molecular weight is 400 g/mol. The van der Waals surface area contributed by atoms with Crippen LogP contribution < -0.4 is 10.6 Å². The van der Waals surface area contributed by atoms with Gasteiger partial charge in [0.1, 0.15) is 11.9 Å². The Hall–Kier alpha value is -3.09. The number of amides is 2. The van der Waals surface area contributed by atoms with Crippen molar-refractivity contribution >= 4 is 45.3 Å². The number of nitrogens with zero attached hydrogens (tertiary/aromatic N) is 2. The maximum absolute atomic E-state index is 13.3. The van der Waals surface area contributed by atoms with Crippen molar-refractivity contribution in [1.29, 1.82) is 5.26 Å². The lowest BCUT2D eigenvalue weighted by Crippen LogP contribution is -2.15. The molecule has 0 aliphatic heterocycles. The molecule has 0 fully saturated rings. The van der Waals surface area contributed by atoms with Crippen molar-refractivity contribution in [2.75, 3.05) is 10.6 Å². The van der Waals surface area contributed by atoms with Crippen molar-refractivity contribution in [3.05, 3.63) is 63.0 Å². The lowest BCUT2D eigenvalue weighted by atomic mass is 10.2. The highest BCUT2D eigenvalue weighted by atomic mass is 32.1. The highest BCUT2D eigenvalue weighted by molar-refractivity contribution is 7.14. The second kappa shape index (κ2) is 8.53. The molecular formula is C18H13FN4O2S2. The quantitative estimate of drug-likeness (QED) is 0.661. The molecule has 2 N–H and O–H groups in total. The van der Waals surface area contributed by atoms with Crippen LogP contribution in [0.4, 0.5) is 15.2 Å². The van der Waals surface area contributed by atoms with Gasteiger partial charge in [-0.15, -0.1) is 22.7 Å². The first-order chi connectivity index (χ1) is 13.0. The summed E-state index contributed by atoms with van der Waals surface area (Å²) in [6.45, 7) is 0. The molecule has 0 spiro atoms. The van der Waals surface area contributed by atoms with E-state index in [2.05, 4.69) is 15.6 Å². The summed E-state index contributed by atoms with van der Waals surface area (Å²) in [4.78, 5) is 29.3. The van der Waals surface area contributed by atoms with E-state index in [0.717, 1.165) is 10.9 Å². The number of hydrogen-bond donors (Lipinski definition) is 2. The van der Waals surface area contributed by atoms with Gasteiger partial charge in [-0.3, -0.25) is 9.59 Å². The molecule has 3 aromatic rings. The van der Waals surface area contributed by atoms with E-state index in [9.17, 15) is 14.0 Å². The smallest absolute Gasteiger partial charge is 0.231 e. The van der Waals surface area contributed by atoms with E-state index in [1.54, 1.807) is 11.4 Å². The van der Waals surface area contributed by atoms with Crippen LogP contribution in [0, 0.1) is 17.1 Å². The van der Waals surface area contributed by atoms with E-state index < -0.39 is 5.82 Å². The minimum atomic E-state index is -0.641. The van der Waals surface area contributed by atoms with E-state index in [-0.39, 0.29) is 30.2 Å². The second-order valence-electron chi connectivity index (χ2n) is 5.48. The van der Waals surface area contributed by atoms with E-state index in [4.69, 9.17) is 5.26 Å². The van der Waals surface area contributed by atoms with Crippen LogP contribution in [-0.2, 0) is 22.4 Å². The standard InChI is InChI=1S/C18H13FN4O2S2/c19-15-4-3-12(6-11(15)9-20)21-16(24)7-13-10-27-18(22-13)23-17(25)8-14-2-1-5-26-14/h1-6,10H,7-8H2,(H,21,24)(H,22,23,25). The van der Waals surface area contributed by atoms with Gasteiger partial charge in [-0.2, -0.15) is 5.26 Å². The lowest BCUT2D eigenvalue weighted by Gasteiger charge is -2.04. The Labute approximate surface area is 162 Å². The molecular weight excluding hydrogens is 387 g/mol. The minimum Gasteiger partial charge on any atom is -0.326 e. The summed E-state index contributed by atoms with van der Waals surface area (Å²) in [7, 11) is 0. The number of rotatable bonds is 6. The molecule has 0 bridgehead atoms. The van der Waals surface area contributed by atoms with Gasteiger partial charge >= 0.3 is 0 Å². The zero-order valence-corrected chi connectivity index (χ0v) is 15.5. The Balaban J connectivity index is 1.55. The maximum Gasteiger partial charge on any atom is 0.231 e. The van der Waals surface area contributed by atoms with Crippen molar-refractivity contribution in [2.24, 2.45) is 0 Å². The average Bonchev–Trinajstić information content (AvgIpc) is 3.28. The van der Waals surface area contributed by atoms with E-state index in [1.807, 2.05) is 17.5 Å². The summed E-state index contributed by atoms with van der Waals surface area (Å²) in [5, 5.41) is 18.1. The Morgan fingerprint density at radius 3 is 2.70 bits per heavy atom.